The third-order valence-corrected chi connectivity index (χ3v) is 3.38. The standard InChI is InChI=1S/C14H17ClN2O/c1-3-8-17-10-11(9-16-17)14(2,18)12-6-4-5-7-13(12)15/h4-7,9-10,18H,3,8H2,1-2H3. The maximum Gasteiger partial charge on any atom is 0.116 e. The summed E-state index contributed by atoms with van der Waals surface area (Å²) in [6, 6.07) is 7.33. The van der Waals surface area contributed by atoms with Crippen LogP contribution in [0.2, 0.25) is 5.02 Å². The van der Waals surface area contributed by atoms with E-state index in [1.807, 2.05) is 29.1 Å². The van der Waals surface area contributed by atoms with Crippen LogP contribution in [0.4, 0.5) is 0 Å². The lowest BCUT2D eigenvalue weighted by Crippen LogP contribution is -2.22. The number of aromatic nitrogens is 2. The molecular formula is C14H17ClN2O. The van der Waals surface area contributed by atoms with Gasteiger partial charge in [-0.05, 0) is 19.4 Å². The molecule has 0 aliphatic heterocycles. The van der Waals surface area contributed by atoms with E-state index in [1.165, 1.54) is 0 Å². The van der Waals surface area contributed by atoms with E-state index in [4.69, 9.17) is 11.6 Å². The van der Waals surface area contributed by atoms with Gasteiger partial charge in [0.2, 0.25) is 0 Å². The maximum absolute atomic E-state index is 10.7. The molecule has 0 aliphatic rings. The molecule has 4 heteroatoms. The lowest BCUT2D eigenvalue weighted by atomic mass is 9.90. The number of halogens is 1. The van der Waals surface area contributed by atoms with Crippen molar-refractivity contribution in [2.24, 2.45) is 0 Å². The monoisotopic (exact) mass is 264 g/mol. The molecule has 96 valence electrons. The Labute approximate surface area is 112 Å². The minimum atomic E-state index is -1.12. The second-order valence-electron chi connectivity index (χ2n) is 4.54. The number of hydrogen-bond donors (Lipinski definition) is 1. The van der Waals surface area contributed by atoms with Gasteiger partial charge in [-0.25, -0.2) is 0 Å². The molecule has 1 atom stereocenters. The molecule has 1 unspecified atom stereocenters. The van der Waals surface area contributed by atoms with Crippen molar-refractivity contribution in [3.63, 3.8) is 0 Å². The Morgan fingerprint density at radius 1 is 1.39 bits per heavy atom. The third kappa shape index (κ3) is 2.42. The van der Waals surface area contributed by atoms with Gasteiger partial charge in [-0.1, -0.05) is 36.7 Å². The Kier molecular flexibility index (Phi) is 3.73. The largest absolute Gasteiger partial charge is 0.381 e. The second-order valence-corrected chi connectivity index (χ2v) is 4.95. The van der Waals surface area contributed by atoms with Crippen LogP contribution < -0.4 is 0 Å². The van der Waals surface area contributed by atoms with Gasteiger partial charge in [0, 0.05) is 28.9 Å². The van der Waals surface area contributed by atoms with Crippen molar-refractivity contribution in [1.29, 1.82) is 0 Å². The zero-order valence-corrected chi connectivity index (χ0v) is 11.4. The summed E-state index contributed by atoms with van der Waals surface area (Å²) in [6.07, 6.45) is 4.57. The van der Waals surface area contributed by atoms with E-state index in [9.17, 15) is 5.11 Å². The predicted octanol–water partition coefficient (Wildman–Crippen LogP) is 3.20. The third-order valence-electron chi connectivity index (χ3n) is 3.05. The number of rotatable bonds is 4. The van der Waals surface area contributed by atoms with Gasteiger partial charge in [-0.15, -0.1) is 0 Å². The molecule has 0 amide bonds. The topological polar surface area (TPSA) is 38.0 Å². The summed E-state index contributed by atoms with van der Waals surface area (Å²) in [5.41, 5.74) is 0.330. The normalized spacial score (nSPS) is 14.4. The summed E-state index contributed by atoms with van der Waals surface area (Å²) in [6.45, 7) is 4.67. The molecule has 0 radical (unpaired) electrons. The molecule has 0 saturated heterocycles. The average molecular weight is 265 g/mol. The Hall–Kier alpha value is -1.32. The van der Waals surface area contributed by atoms with Crippen LogP contribution in [-0.2, 0) is 12.1 Å². The quantitative estimate of drug-likeness (QED) is 0.921. The highest BCUT2D eigenvalue weighted by molar-refractivity contribution is 6.31. The fourth-order valence-corrected chi connectivity index (χ4v) is 2.30. The molecular weight excluding hydrogens is 248 g/mol. The van der Waals surface area contributed by atoms with Gasteiger partial charge in [0.05, 0.1) is 6.20 Å². The van der Waals surface area contributed by atoms with Gasteiger partial charge in [0.25, 0.3) is 0 Å². The molecule has 0 fully saturated rings. The summed E-state index contributed by atoms with van der Waals surface area (Å²) < 4.78 is 1.83. The van der Waals surface area contributed by atoms with Crippen LogP contribution in [-0.4, -0.2) is 14.9 Å². The molecule has 0 spiro atoms. The number of nitrogens with zero attached hydrogens (tertiary/aromatic N) is 2. The summed E-state index contributed by atoms with van der Waals surface area (Å²) in [5, 5.41) is 15.5. The van der Waals surface area contributed by atoms with E-state index in [0.29, 0.717) is 10.6 Å². The number of aryl methyl sites for hydroxylation is 1. The molecule has 1 aromatic carbocycles. The van der Waals surface area contributed by atoms with Gasteiger partial charge in [-0.3, -0.25) is 4.68 Å². The minimum Gasteiger partial charge on any atom is -0.381 e. The van der Waals surface area contributed by atoms with Crippen molar-refractivity contribution in [2.75, 3.05) is 0 Å². The summed E-state index contributed by atoms with van der Waals surface area (Å²) >= 11 is 6.14. The van der Waals surface area contributed by atoms with Crippen molar-refractivity contribution in [2.45, 2.75) is 32.4 Å². The second kappa shape index (κ2) is 5.12. The lowest BCUT2D eigenvalue weighted by Gasteiger charge is -2.23. The Balaban J connectivity index is 2.38. The van der Waals surface area contributed by atoms with Gasteiger partial charge >= 0.3 is 0 Å². The molecule has 3 nitrogen and oxygen atoms in total. The van der Waals surface area contributed by atoms with Crippen molar-refractivity contribution < 1.29 is 5.11 Å². The summed E-state index contributed by atoms with van der Waals surface area (Å²) in [7, 11) is 0. The fourth-order valence-electron chi connectivity index (χ4n) is 1.98. The maximum atomic E-state index is 10.7. The first-order valence-electron chi connectivity index (χ1n) is 6.06. The highest BCUT2D eigenvalue weighted by Gasteiger charge is 2.29. The van der Waals surface area contributed by atoms with Crippen LogP contribution in [0.15, 0.2) is 36.7 Å². The lowest BCUT2D eigenvalue weighted by molar-refractivity contribution is 0.102. The van der Waals surface area contributed by atoms with Crippen LogP contribution >= 0.6 is 11.6 Å². The molecule has 18 heavy (non-hydrogen) atoms. The van der Waals surface area contributed by atoms with Crippen molar-refractivity contribution in [1.82, 2.24) is 9.78 Å². The van der Waals surface area contributed by atoms with Crippen molar-refractivity contribution >= 4 is 11.6 Å². The van der Waals surface area contributed by atoms with Crippen LogP contribution in [0, 0.1) is 0 Å². The molecule has 2 aromatic rings. The summed E-state index contributed by atoms with van der Waals surface area (Å²) in [4.78, 5) is 0. The Morgan fingerprint density at radius 2 is 2.11 bits per heavy atom. The average Bonchev–Trinajstić information content (AvgIpc) is 2.79. The van der Waals surface area contributed by atoms with Gasteiger partial charge in [-0.2, -0.15) is 5.10 Å². The number of benzene rings is 1. The predicted molar refractivity (Wildman–Crippen MR) is 72.6 cm³/mol. The minimum absolute atomic E-state index is 0.561. The molecule has 0 aliphatic carbocycles. The molecule has 1 heterocycles. The van der Waals surface area contributed by atoms with E-state index in [1.54, 1.807) is 19.2 Å². The van der Waals surface area contributed by atoms with E-state index in [0.717, 1.165) is 18.5 Å². The van der Waals surface area contributed by atoms with Gasteiger partial charge in [0.15, 0.2) is 0 Å². The smallest absolute Gasteiger partial charge is 0.116 e. The van der Waals surface area contributed by atoms with E-state index >= 15 is 0 Å². The van der Waals surface area contributed by atoms with Crippen LogP contribution in [0.5, 0.6) is 0 Å². The molecule has 1 N–H and O–H groups in total. The first-order chi connectivity index (χ1) is 8.55. The Bertz CT molecular complexity index is 534. The van der Waals surface area contributed by atoms with Crippen LogP contribution in [0.3, 0.4) is 0 Å². The fraction of sp³-hybridized carbons (Fsp3) is 0.357. The van der Waals surface area contributed by atoms with Crippen molar-refractivity contribution in [3.8, 4) is 0 Å². The number of hydrogen-bond acceptors (Lipinski definition) is 2. The Morgan fingerprint density at radius 3 is 2.78 bits per heavy atom. The van der Waals surface area contributed by atoms with E-state index in [2.05, 4.69) is 12.0 Å². The molecule has 0 saturated carbocycles. The first kappa shape index (κ1) is 13.1. The SMILES string of the molecule is CCCn1cc(C(C)(O)c2ccccc2Cl)cn1. The summed E-state index contributed by atoms with van der Waals surface area (Å²) in [5.74, 6) is 0. The van der Waals surface area contributed by atoms with Crippen LogP contribution in [0.25, 0.3) is 0 Å². The highest BCUT2D eigenvalue weighted by atomic mass is 35.5. The zero-order valence-electron chi connectivity index (χ0n) is 10.6. The van der Waals surface area contributed by atoms with E-state index < -0.39 is 5.60 Å². The number of aliphatic hydroxyl groups is 1. The van der Waals surface area contributed by atoms with Gasteiger partial charge in [0.1, 0.15) is 5.60 Å². The molecule has 1 aromatic heterocycles. The van der Waals surface area contributed by atoms with E-state index in [-0.39, 0.29) is 0 Å². The molecule has 2 rings (SSSR count). The zero-order chi connectivity index (χ0) is 13.2. The molecule has 0 bridgehead atoms. The van der Waals surface area contributed by atoms with Crippen LogP contribution in [0.1, 0.15) is 31.4 Å². The van der Waals surface area contributed by atoms with Crippen molar-refractivity contribution in [3.05, 3.63) is 52.8 Å². The highest BCUT2D eigenvalue weighted by Crippen LogP contribution is 2.33. The first-order valence-corrected chi connectivity index (χ1v) is 6.43. The van der Waals surface area contributed by atoms with Gasteiger partial charge < -0.3 is 5.11 Å².